The summed E-state index contributed by atoms with van der Waals surface area (Å²) in [6, 6.07) is 14.3. The number of carbonyl (C=O) groups is 1. The Morgan fingerprint density at radius 1 is 1.10 bits per heavy atom. The number of hydrogen-bond acceptors (Lipinski definition) is 8. The number of methoxy groups -OCH3 is 2. The van der Waals surface area contributed by atoms with E-state index >= 15 is 0 Å². The van der Waals surface area contributed by atoms with E-state index in [1.807, 2.05) is 50.2 Å². The molecule has 4 aromatic rings. The Hall–Kier alpha value is -4.51. The molecule has 2 aromatic carbocycles. The van der Waals surface area contributed by atoms with Crippen LogP contribution in [0.25, 0.3) is 5.95 Å². The Labute approximate surface area is 245 Å². The molecule has 0 aliphatic carbocycles. The van der Waals surface area contributed by atoms with Gasteiger partial charge in [0.25, 0.3) is 0 Å². The molecule has 1 amide bonds. The highest BCUT2D eigenvalue weighted by molar-refractivity contribution is 5.77. The number of anilines is 1. The number of aromatic nitrogens is 4. The van der Waals surface area contributed by atoms with Crippen LogP contribution in [-0.2, 0) is 11.3 Å². The number of imidazole rings is 1. The molecule has 1 saturated heterocycles. The van der Waals surface area contributed by atoms with Gasteiger partial charge in [-0.2, -0.15) is 4.98 Å². The largest absolute Gasteiger partial charge is 0.497 e. The molecule has 0 spiro atoms. The van der Waals surface area contributed by atoms with E-state index in [0.717, 1.165) is 34.9 Å². The average molecular weight is 574 g/mol. The van der Waals surface area contributed by atoms with Crippen LogP contribution in [0.2, 0.25) is 0 Å². The molecule has 2 atom stereocenters. The number of aryl methyl sites for hydroxylation is 1. The van der Waals surface area contributed by atoms with Gasteiger partial charge in [0.1, 0.15) is 17.9 Å². The number of rotatable bonds is 10. The van der Waals surface area contributed by atoms with Crippen LogP contribution in [-0.4, -0.2) is 70.2 Å². The predicted molar refractivity (Wildman–Crippen MR) is 157 cm³/mol. The third-order valence-electron chi connectivity index (χ3n) is 7.46. The van der Waals surface area contributed by atoms with Crippen molar-refractivity contribution in [3.63, 3.8) is 0 Å². The highest BCUT2D eigenvalue weighted by Crippen LogP contribution is 2.25. The zero-order valence-corrected chi connectivity index (χ0v) is 24.3. The topological polar surface area (TPSA) is 97.6 Å². The minimum atomic E-state index is -0.388. The molecule has 0 saturated carbocycles. The van der Waals surface area contributed by atoms with Crippen LogP contribution in [0.4, 0.5) is 10.2 Å². The lowest BCUT2D eigenvalue weighted by Gasteiger charge is -2.42. The Balaban J connectivity index is 1.36. The average Bonchev–Trinajstić information content (AvgIpc) is 3.52. The molecular weight excluding hydrogens is 537 g/mol. The normalized spacial score (nSPS) is 16.2. The van der Waals surface area contributed by atoms with Crippen LogP contribution < -0.4 is 19.7 Å². The molecule has 2 aromatic heterocycles. The summed E-state index contributed by atoms with van der Waals surface area (Å²) < 4.78 is 26.5. The Morgan fingerprint density at radius 2 is 1.90 bits per heavy atom. The molecule has 2 unspecified atom stereocenters. The minimum absolute atomic E-state index is 0.0636. The number of nitrogens with zero attached hydrogens (tertiary/aromatic N) is 6. The highest BCUT2D eigenvalue weighted by Gasteiger charge is 2.31. The van der Waals surface area contributed by atoms with Crippen LogP contribution in [0.3, 0.4) is 0 Å². The summed E-state index contributed by atoms with van der Waals surface area (Å²) >= 11 is 0. The first-order valence-electron chi connectivity index (χ1n) is 13.9. The summed E-state index contributed by atoms with van der Waals surface area (Å²) in [7, 11) is 3.08. The van der Waals surface area contributed by atoms with Crippen molar-refractivity contribution in [2.45, 2.75) is 38.9 Å². The summed E-state index contributed by atoms with van der Waals surface area (Å²) in [5.74, 6) is 1.81. The van der Waals surface area contributed by atoms with Crippen molar-refractivity contribution in [1.29, 1.82) is 0 Å². The second kappa shape index (κ2) is 13.0. The SMILES string of the molecule is COc1ccc(C(C)NC(=O)CC2CN(Cc3ccc(OC)c(F)c3)CCN2c2cc(C)nc(-n3ccnc3)n2)cc1. The van der Waals surface area contributed by atoms with E-state index in [2.05, 4.69) is 25.1 Å². The van der Waals surface area contributed by atoms with Gasteiger partial charge in [-0.25, -0.2) is 14.4 Å². The molecule has 10 nitrogen and oxygen atoms in total. The fourth-order valence-corrected chi connectivity index (χ4v) is 5.27. The maximum Gasteiger partial charge on any atom is 0.237 e. The lowest BCUT2D eigenvalue weighted by Crippen LogP contribution is -2.54. The van der Waals surface area contributed by atoms with E-state index in [1.165, 1.54) is 13.2 Å². The van der Waals surface area contributed by atoms with Crippen molar-refractivity contribution in [3.05, 3.63) is 89.9 Å². The Morgan fingerprint density at radius 3 is 2.60 bits per heavy atom. The van der Waals surface area contributed by atoms with Gasteiger partial charge in [0.15, 0.2) is 11.6 Å². The quantitative estimate of drug-likeness (QED) is 0.303. The minimum Gasteiger partial charge on any atom is -0.497 e. The van der Waals surface area contributed by atoms with Gasteiger partial charge in [-0.05, 0) is 49.2 Å². The molecule has 0 bridgehead atoms. The summed E-state index contributed by atoms with van der Waals surface area (Å²) in [6.07, 6.45) is 5.41. The molecule has 0 radical (unpaired) electrons. The number of hydrogen-bond donors (Lipinski definition) is 1. The second-order valence-electron chi connectivity index (χ2n) is 10.5. The third-order valence-corrected chi connectivity index (χ3v) is 7.46. The number of nitrogens with one attached hydrogen (secondary N) is 1. The molecule has 11 heteroatoms. The first kappa shape index (κ1) is 29.0. The van der Waals surface area contributed by atoms with Crippen molar-refractivity contribution in [2.24, 2.45) is 0 Å². The fraction of sp³-hybridized carbons (Fsp3) is 0.355. The van der Waals surface area contributed by atoms with Crippen LogP contribution in [0.15, 0.2) is 67.3 Å². The van der Waals surface area contributed by atoms with Crippen LogP contribution in [0.5, 0.6) is 11.5 Å². The predicted octanol–water partition coefficient (Wildman–Crippen LogP) is 4.09. The zero-order valence-electron chi connectivity index (χ0n) is 24.3. The summed E-state index contributed by atoms with van der Waals surface area (Å²) in [5.41, 5.74) is 2.65. The molecule has 42 heavy (non-hydrogen) atoms. The van der Waals surface area contributed by atoms with Gasteiger partial charge in [0.05, 0.1) is 26.3 Å². The van der Waals surface area contributed by atoms with Crippen LogP contribution in [0.1, 0.15) is 36.2 Å². The van der Waals surface area contributed by atoms with Gasteiger partial charge in [-0.15, -0.1) is 0 Å². The standard InChI is InChI=1S/C31H36FN7O3/c1-21-15-29(36-31(34-21)38-12-11-33-20-38)39-14-13-37(18-23-5-10-28(42-4)27(32)16-23)19-25(39)17-30(40)35-22(2)24-6-8-26(41-3)9-7-24/h5-12,15-16,20,22,25H,13-14,17-19H2,1-4H3,(H,35,40). The maximum atomic E-state index is 14.4. The van der Waals surface area contributed by atoms with Gasteiger partial charge in [0.2, 0.25) is 11.9 Å². The zero-order chi connectivity index (χ0) is 29.6. The number of carbonyl (C=O) groups excluding carboxylic acids is 1. The number of benzene rings is 2. The van der Waals surface area contributed by atoms with Gasteiger partial charge < -0.3 is 19.7 Å². The molecule has 3 heterocycles. The van der Waals surface area contributed by atoms with Crippen molar-refractivity contribution in [2.75, 3.05) is 38.8 Å². The number of halogens is 1. The molecular formula is C31H36FN7O3. The molecule has 220 valence electrons. The molecule has 1 fully saturated rings. The highest BCUT2D eigenvalue weighted by atomic mass is 19.1. The number of amides is 1. The lowest BCUT2D eigenvalue weighted by molar-refractivity contribution is -0.122. The van der Waals surface area contributed by atoms with Gasteiger partial charge in [-0.3, -0.25) is 14.3 Å². The van der Waals surface area contributed by atoms with Crippen molar-refractivity contribution in [3.8, 4) is 17.4 Å². The monoisotopic (exact) mass is 573 g/mol. The third kappa shape index (κ3) is 6.85. The summed E-state index contributed by atoms with van der Waals surface area (Å²) in [4.78, 5) is 31.4. The van der Waals surface area contributed by atoms with Crippen molar-refractivity contribution in [1.82, 2.24) is 29.7 Å². The fourth-order valence-electron chi connectivity index (χ4n) is 5.27. The van der Waals surface area contributed by atoms with Crippen LogP contribution in [0, 0.1) is 12.7 Å². The molecule has 1 aliphatic rings. The van der Waals surface area contributed by atoms with E-state index in [9.17, 15) is 9.18 Å². The van der Waals surface area contributed by atoms with Crippen molar-refractivity contribution < 1.29 is 18.7 Å². The molecule has 1 N–H and O–H groups in total. The Kier molecular flexibility index (Phi) is 8.97. The molecule has 1 aliphatic heterocycles. The summed E-state index contributed by atoms with van der Waals surface area (Å²) in [6.45, 7) is 6.41. The van der Waals surface area contributed by atoms with Gasteiger partial charge >= 0.3 is 0 Å². The van der Waals surface area contributed by atoms with E-state index in [4.69, 9.17) is 14.5 Å². The van der Waals surface area contributed by atoms with E-state index in [0.29, 0.717) is 25.6 Å². The second-order valence-corrected chi connectivity index (χ2v) is 10.5. The Bertz CT molecular complexity index is 1500. The van der Waals surface area contributed by atoms with Crippen molar-refractivity contribution >= 4 is 11.7 Å². The lowest BCUT2D eigenvalue weighted by atomic mass is 10.0. The smallest absolute Gasteiger partial charge is 0.237 e. The van der Waals surface area contributed by atoms with Gasteiger partial charge in [-0.1, -0.05) is 18.2 Å². The summed E-state index contributed by atoms with van der Waals surface area (Å²) in [5, 5.41) is 3.15. The van der Waals surface area contributed by atoms with E-state index in [-0.39, 0.29) is 36.0 Å². The first-order valence-corrected chi connectivity index (χ1v) is 13.9. The molecule has 5 rings (SSSR count). The van der Waals surface area contributed by atoms with E-state index in [1.54, 1.807) is 36.5 Å². The number of ether oxygens (including phenoxy) is 2. The maximum absolute atomic E-state index is 14.4. The van der Waals surface area contributed by atoms with Crippen LogP contribution >= 0.6 is 0 Å². The van der Waals surface area contributed by atoms with E-state index < -0.39 is 0 Å². The first-order chi connectivity index (χ1) is 20.3. The number of piperazine rings is 1. The van der Waals surface area contributed by atoms with Gasteiger partial charge in [0, 0.05) is 56.8 Å².